The number of nitrogens with one attached hydrogen (secondary N) is 1. The number of nitrogens with zero attached hydrogens (tertiary/aromatic N) is 1. The highest BCUT2D eigenvalue weighted by molar-refractivity contribution is 7.91. The minimum absolute atomic E-state index is 0.0296. The predicted octanol–water partition coefficient (Wildman–Crippen LogP) is 2.37. The molecule has 0 amide bonds. The number of aromatic nitrogens is 2. The van der Waals surface area contributed by atoms with Gasteiger partial charge in [-0.25, -0.2) is 8.42 Å². The highest BCUT2D eigenvalue weighted by atomic mass is 32.2. The van der Waals surface area contributed by atoms with Crippen LogP contribution >= 0.6 is 12.2 Å². The first-order chi connectivity index (χ1) is 8.48. The van der Waals surface area contributed by atoms with Crippen molar-refractivity contribution in [2.24, 2.45) is 0 Å². The van der Waals surface area contributed by atoms with E-state index in [0.29, 0.717) is 11.2 Å². The molecule has 0 radical (unpaired) electrons. The molecule has 1 unspecified atom stereocenters. The van der Waals surface area contributed by atoms with Crippen LogP contribution in [0.4, 0.5) is 0 Å². The summed E-state index contributed by atoms with van der Waals surface area (Å²) in [6, 6.07) is 5.95. The Morgan fingerprint density at radius 2 is 2.22 bits per heavy atom. The number of hydrogen-bond acceptors (Lipinski definition) is 3. The van der Waals surface area contributed by atoms with E-state index in [1.165, 1.54) is 0 Å². The summed E-state index contributed by atoms with van der Waals surface area (Å²) in [7, 11) is -2.90. The molecule has 6 heteroatoms. The minimum atomic E-state index is -2.90. The first-order valence-electron chi connectivity index (χ1n) is 5.88. The van der Waals surface area contributed by atoms with E-state index in [4.69, 9.17) is 12.2 Å². The molecule has 0 aliphatic carbocycles. The van der Waals surface area contributed by atoms with Gasteiger partial charge in [0.05, 0.1) is 28.6 Å². The van der Waals surface area contributed by atoms with Crippen molar-refractivity contribution in [3.63, 3.8) is 0 Å². The Morgan fingerprint density at radius 1 is 1.44 bits per heavy atom. The summed E-state index contributed by atoms with van der Waals surface area (Å²) < 4.78 is 25.8. The third-order valence-corrected chi connectivity index (χ3v) is 5.58. The number of para-hydroxylation sites is 1. The van der Waals surface area contributed by atoms with E-state index < -0.39 is 9.84 Å². The van der Waals surface area contributed by atoms with Gasteiger partial charge in [0, 0.05) is 0 Å². The Balaban J connectivity index is 2.21. The number of aryl methyl sites for hydroxylation is 1. The van der Waals surface area contributed by atoms with Crippen molar-refractivity contribution in [3.05, 3.63) is 28.5 Å². The highest BCUT2D eigenvalue weighted by Gasteiger charge is 2.30. The third kappa shape index (κ3) is 1.80. The number of hydrogen-bond donors (Lipinski definition) is 1. The van der Waals surface area contributed by atoms with E-state index in [-0.39, 0.29) is 17.5 Å². The average Bonchev–Trinajstić information content (AvgIpc) is 2.79. The first kappa shape index (κ1) is 11.9. The van der Waals surface area contributed by atoms with Gasteiger partial charge in [-0.15, -0.1) is 0 Å². The molecule has 2 heterocycles. The fourth-order valence-electron chi connectivity index (χ4n) is 2.63. The molecule has 0 spiro atoms. The fraction of sp³-hybridized carbons (Fsp3) is 0.417. The van der Waals surface area contributed by atoms with Gasteiger partial charge in [0.2, 0.25) is 0 Å². The molecule has 3 rings (SSSR count). The minimum Gasteiger partial charge on any atom is -0.330 e. The maximum atomic E-state index is 11.6. The molecule has 0 saturated carbocycles. The van der Waals surface area contributed by atoms with E-state index in [1.54, 1.807) is 0 Å². The van der Waals surface area contributed by atoms with Crippen LogP contribution in [0.15, 0.2) is 18.2 Å². The Labute approximate surface area is 111 Å². The number of imidazole rings is 1. The lowest BCUT2D eigenvalue weighted by molar-refractivity contribution is 0.563. The van der Waals surface area contributed by atoms with Crippen molar-refractivity contribution in [1.82, 2.24) is 9.55 Å². The van der Waals surface area contributed by atoms with Gasteiger partial charge < -0.3 is 9.55 Å². The quantitative estimate of drug-likeness (QED) is 0.817. The molecule has 1 aromatic heterocycles. The lowest BCUT2D eigenvalue weighted by Crippen LogP contribution is -2.10. The lowest BCUT2D eigenvalue weighted by Gasteiger charge is -2.11. The van der Waals surface area contributed by atoms with Crippen LogP contribution in [-0.2, 0) is 9.84 Å². The number of H-pyrrole nitrogens is 1. The van der Waals surface area contributed by atoms with Gasteiger partial charge in [-0.3, -0.25) is 0 Å². The number of aromatic amines is 1. The van der Waals surface area contributed by atoms with Gasteiger partial charge in [-0.2, -0.15) is 0 Å². The Hall–Kier alpha value is -1.14. The van der Waals surface area contributed by atoms with Crippen molar-refractivity contribution in [2.75, 3.05) is 11.5 Å². The molecule has 18 heavy (non-hydrogen) atoms. The molecular formula is C12H14N2O2S2. The Bertz CT molecular complexity index is 771. The summed E-state index contributed by atoms with van der Waals surface area (Å²) in [5, 5.41) is 0. The van der Waals surface area contributed by atoms with Crippen LogP contribution in [0, 0.1) is 11.7 Å². The van der Waals surface area contributed by atoms with Gasteiger partial charge in [-0.05, 0) is 37.2 Å². The normalized spacial score (nSPS) is 22.6. The summed E-state index contributed by atoms with van der Waals surface area (Å²) in [5.74, 6) is 0.458. The molecule has 1 aromatic carbocycles. The van der Waals surface area contributed by atoms with E-state index >= 15 is 0 Å². The summed E-state index contributed by atoms with van der Waals surface area (Å²) in [5.41, 5.74) is 3.13. The zero-order valence-corrected chi connectivity index (χ0v) is 11.6. The maximum Gasteiger partial charge on any atom is 0.178 e. The van der Waals surface area contributed by atoms with Crippen LogP contribution in [-0.4, -0.2) is 29.5 Å². The fourth-order valence-corrected chi connectivity index (χ4v) is 4.68. The molecular weight excluding hydrogens is 268 g/mol. The Morgan fingerprint density at radius 3 is 2.89 bits per heavy atom. The van der Waals surface area contributed by atoms with Crippen molar-refractivity contribution in [2.45, 2.75) is 19.4 Å². The molecule has 2 aromatic rings. The number of sulfone groups is 1. The van der Waals surface area contributed by atoms with Gasteiger partial charge >= 0.3 is 0 Å². The molecule has 1 aliphatic rings. The SMILES string of the molecule is Cc1cccc2c1[nH]c(=S)n2C1CCS(=O)(=O)C1. The zero-order chi connectivity index (χ0) is 12.9. The monoisotopic (exact) mass is 282 g/mol. The summed E-state index contributed by atoms with van der Waals surface area (Å²) in [4.78, 5) is 3.18. The summed E-state index contributed by atoms with van der Waals surface area (Å²) in [6.45, 7) is 2.02. The van der Waals surface area contributed by atoms with Gasteiger partial charge in [0.1, 0.15) is 0 Å². The van der Waals surface area contributed by atoms with Crippen LogP contribution in [0.1, 0.15) is 18.0 Å². The predicted molar refractivity (Wildman–Crippen MR) is 74.2 cm³/mol. The molecule has 1 atom stereocenters. The molecule has 1 aliphatic heterocycles. The van der Waals surface area contributed by atoms with Crippen molar-refractivity contribution >= 4 is 33.1 Å². The van der Waals surface area contributed by atoms with E-state index in [1.807, 2.05) is 29.7 Å². The van der Waals surface area contributed by atoms with Crippen LogP contribution in [0.5, 0.6) is 0 Å². The second-order valence-electron chi connectivity index (χ2n) is 4.83. The second kappa shape index (κ2) is 3.93. The van der Waals surface area contributed by atoms with Crippen molar-refractivity contribution < 1.29 is 8.42 Å². The van der Waals surface area contributed by atoms with Crippen molar-refractivity contribution in [1.29, 1.82) is 0 Å². The molecule has 1 fully saturated rings. The summed E-state index contributed by atoms with van der Waals surface area (Å²) in [6.07, 6.45) is 0.650. The highest BCUT2D eigenvalue weighted by Crippen LogP contribution is 2.29. The number of fused-ring (bicyclic) bond motifs is 1. The average molecular weight is 282 g/mol. The largest absolute Gasteiger partial charge is 0.330 e. The summed E-state index contributed by atoms with van der Waals surface area (Å²) >= 11 is 5.34. The lowest BCUT2D eigenvalue weighted by atomic mass is 10.2. The van der Waals surface area contributed by atoms with Gasteiger partial charge in [0.15, 0.2) is 14.6 Å². The topological polar surface area (TPSA) is 54.9 Å². The van der Waals surface area contributed by atoms with Crippen LogP contribution < -0.4 is 0 Å². The zero-order valence-electron chi connectivity index (χ0n) is 10.0. The third-order valence-electron chi connectivity index (χ3n) is 3.53. The first-order valence-corrected chi connectivity index (χ1v) is 8.11. The van der Waals surface area contributed by atoms with Crippen LogP contribution in [0.2, 0.25) is 0 Å². The van der Waals surface area contributed by atoms with E-state index in [9.17, 15) is 8.42 Å². The van der Waals surface area contributed by atoms with Crippen LogP contribution in [0.25, 0.3) is 11.0 Å². The van der Waals surface area contributed by atoms with Crippen LogP contribution in [0.3, 0.4) is 0 Å². The van der Waals surface area contributed by atoms with Crippen molar-refractivity contribution in [3.8, 4) is 0 Å². The molecule has 4 nitrogen and oxygen atoms in total. The standard InChI is InChI=1S/C12H14N2O2S2/c1-8-3-2-4-10-11(8)13-12(17)14(10)9-5-6-18(15,16)7-9/h2-4,9H,5-7H2,1H3,(H,13,17). The molecule has 1 saturated heterocycles. The molecule has 0 bridgehead atoms. The van der Waals surface area contributed by atoms with Gasteiger partial charge in [0.25, 0.3) is 0 Å². The second-order valence-corrected chi connectivity index (χ2v) is 7.44. The maximum absolute atomic E-state index is 11.6. The molecule has 1 N–H and O–H groups in total. The van der Waals surface area contributed by atoms with Gasteiger partial charge in [-0.1, -0.05) is 12.1 Å². The number of benzene rings is 1. The molecule has 96 valence electrons. The van der Waals surface area contributed by atoms with E-state index in [2.05, 4.69) is 4.98 Å². The number of rotatable bonds is 1. The smallest absolute Gasteiger partial charge is 0.178 e. The Kier molecular flexibility index (Phi) is 2.60. The van der Waals surface area contributed by atoms with E-state index in [0.717, 1.165) is 16.6 Å².